The van der Waals surface area contributed by atoms with Gasteiger partial charge in [-0.05, 0) is 13.8 Å². The molecule has 0 unspecified atom stereocenters. The van der Waals surface area contributed by atoms with Crippen LogP contribution in [0.3, 0.4) is 0 Å². The van der Waals surface area contributed by atoms with Crippen molar-refractivity contribution in [2.24, 2.45) is 4.99 Å². The van der Waals surface area contributed by atoms with Crippen molar-refractivity contribution in [1.29, 1.82) is 0 Å². The molecule has 1 aromatic heterocycles. The summed E-state index contributed by atoms with van der Waals surface area (Å²) < 4.78 is 4.95. The topological polar surface area (TPSA) is 75.3 Å². The van der Waals surface area contributed by atoms with Crippen LogP contribution in [0.2, 0.25) is 0 Å². The maximum atomic E-state index is 4.95. The molecule has 0 amide bonds. The summed E-state index contributed by atoms with van der Waals surface area (Å²) in [5.74, 6) is 1.83. The Labute approximate surface area is 94.8 Å². The summed E-state index contributed by atoms with van der Waals surface area (Å²) in [4.78, 5) is 8.35. The van der Waals surface area contributed by atoms with Crippen LogP contribution in [0.25, 0.3) is 0 Å². The minimum absolute atomic E-state index is 0.368. The Bertz CT molecular complexity index is 358. The van der Waals surface area contributed by atoms with Gasteiger partial charge in [0.25, 0.3) is 0 Å². The van der Waals surface area contributed by atoms with Crippen LogP contribution in [0, 0.1) is 6.92 Å². The lowest BCUT2D eigenvalue weighted by molar-refractivity contribution is 0.376. The standard InChI is InChI=1S/C10H17N5O/c1-4-6-12-10(11-5-2)13-7-9-14-8(3)15-16-9/h4H,1,5-7H2,2-3H3,(H2,11,12,13). The number of hydrogen-bond donors (Lipinski definition) is 2. The van der Waals surface area contributed by atoms with E-state index in [1.807, 2.05) is 6.92 Å². The van der Waals surface area contributed by atoms with Gasteiger partial charge in [0.05, 0.1) is 0 Å². The highest BCUT2D eigenvalue weighted by molar-refractivity contribution is 5.79. The number of nitrogens with zero attached hydrogens (tertiary/aromatic N) is 3. The summed E-state index contributed by atoms with van der Waals surface area (Å²) in [6.45, 7) is 9.23. The van der Waals surface area contributed by atoms with Crippen LogP contribution < -0.4 is 10.6 Å². The maximum Gasteiger partial charge on any atom is 0.248 e. The van der Waals surface area contributed by atoms with Gasteiger partial charge >= 0.3 is 0 Å². The molecule has 0 saturated heterocycles. The highest BCUT2D eigenvalue weighted by Gasteiger charge is 2.01. The van der Waals surface area contributed by atoms with Crippen LogP contribution in [0.1, 0.15) is 18.6 Å². The van der Waals surface area contributed by atoms with E-state index in [0.29, 0.717) is 30.8 Å². The molecule has 16 heavy (non-hydrogen) atoms. The summed E-state index contributed by atoms with van der Waals surface area (Å²) in [6.07, 6.45) is 1.77. The van der Waals surface area contributed by atoms with Crippen molar-refractivity contribution in [3.63, 3.8) is 0 Å². The first kappa shape index (κ1) is 12.2. The molecule has 0 saturated carbocycles. The van der Waals surface area contributed by atoms with E-state index in [0.717, 1.165) is 6.54 Å². The first-order valence-corrected chi connectivity index (χ1v) is 5.18. The molecule has 0 bridgehead atoms. The molecule has 88 valence electrons. The summed E-state index contributed by atoms with van der Waals surface area (Å²) in [6, 6.07) is 0. The summed E-state index contributed by atoms with van der Waals surface area (Å²) in [5.41, 5.74) is 0. The minimum Gasteiger partial charge on any atom is -0.357 e. The summed E-state index contributed by atoms with van der Waals surface area (Å²) >= 11 is 0. The van der Waals surface area contributed by atoms with E-state index in [4.69, 9.17) is 4.52 Å². The van der Waals surface area contributed by atoms with E-state index in [-0.39, 0.29) is 0 Å². The Morgan fingerprint density at radius 3 is 2.94 bits per heavy atom. The van der Waals surface area contributed by atoms with Crippen molar-refractivity contribution in [3.8, 4) is 0 Å². The fourth-order valence-corrected chi connectivity index (χ4v) is 1.06. The van der Waals surface area contributed by atoms with Gasteiger partial charge in [-0.2, -0.15) is 4.98 Å². The smallest absolute Gasteiger partial charge is 0.248 e. The van der Waals surface area contributed by atoms with E-state index in [9.17, 15) is 0 Å². The van der Waals surface area contributed by atoms with Gasteiger partial charge in [0.15, 0.2) is 11.8 Å². The monoisotopic (exact) mass is 223 g/mol. The third kappa shape index (κ3) is 4.12. The quantitative estimate of drug-likeness (QED) is 0.435. The lowest BCUT2D eigenvalue weighted by Crippen LogP contribution is -2.37. The first-order chi connectivity index (χ1) is 7.76. The molecule has 6 heteroatoms. The van der Waals surface area contributed by atoms with Gasteiger partial charge in [-0.3, -0.25) is 0 Å². The van der Waals surface area contributed by atoms with Crippen molar-refractivity contribution in [1.82, 2.24) is 20.8 Å². The van der Waals surface area contributed by atoms with Crippen LogP contribution in [-0.2, 0) is 6.54 Å². The number of aromatic nitrogens is 2. The number of hydrogen-bond acceptors (Lipinski definition) is 4. The Balaban J connectivity index is 2.52. The zero-order valence-electron chi connectivity index (χ0n) is 9.66. The molecular weight excluding hydrogens is 206 g/mol. The van der Waals surface area contributed by atoms with E-state index in [2.05, 4.69) is 32.3 Å². The van der Waals surface area contributed by atoms with E-state index < -0.39 is 0 Å². The third-order valence-electron chi connectivity index (χ3n) is 1.70. The van der Waals surface area contributed by atoms with Crippen LogP contribution in [-0.4, -0.2) is 29.2 Å². The van der Waals surface area contributed by atoms with Crippen LogP contribution in [0.15, 0.2) is 22.2 Å². The second kappa shape index (κ2) is 6.60. The Morgan fingerprint density at radius 1 is 1.56 bits per heavy atom. The minimum atomic E-state index is 0.368. The van der Waals surface area contributed by atoms with Crippen molar-refractivity contribution in [2.75, 3.05) is 13.1 Å². The SMILES string of the molecule is C=CCNC(=NCc1nc(C)no1)NCC. The molecule has 0 radical (unpaired) electrons. The Morgan fingerprint density at radius 2 is 2.38 bits per heavy atom. The lowest BCUT2D eigenvalue weighted by atomic mass is 10.6. The molecule has 1 rings (SSSR count). The highest BCUT2D eigenvalue weighted by Crippen LogP contribution is 1.97. The molecule has 0 fully saturated rings. The molecule has 0 aliphatic heterocycles. The van der Waals surface area contributed by atoms with Gasteiger partial charge in [0, 0.05) is 13.1 Å². The summed E-state index contributed by atoms with van der Waals surface area (Å²) in [5, 5.41) is 9.86. The van der Waals surface area contributed by atoms with Crippen LogP contribution in [0.5, 0.6) is 0 Å². The zero-order chi connectivity index (χ0) is 11.8. The third-order valence-corrected chi connectivity index (χ3v) is 1.70. The molecule has 1 heterocycles. The van der Waals surface area contributed by atoms with Crippen molar-refractivity contribution in [2.45, 2.75) is 20.4 Å². The van der Waals surface area contributed by atoms with Crippen molar-refractivity contribution >= 4 is 5.96 Å². The lowest BCUT2D eigenvalue weighted by Gasteiger charge is -2.08. The number of aliphatic imine (C=N–C) groups is 1. The van der Waals surface area contributed by atoms with Crippen LogP contribution in [0.4, 0.5) is 0 Å². The largest absolute Gasteiger partial charge is 0.357 e. The van der Waals surface area contributed by atoms with Crippen molar-refractivity contribution < 1.29 is 4.52 Å². The fraction of sp³-hybridized carbons (Fsp3) is 0.500. The molecule has 0 spiro atoms. The average molecular weight is 223 g/mol. The molecule has 1 aromatic rings. The predicted octanol–water partition coefficient (Wildman–Crippen LogP) is 0.619. The molecule has 0 aromatic carbocycles. The number of aryl methyl sites for hydroxylation is 1. The number of rotatable bonds is 5. The molecule has 0 aliphatic rings. The molecule has 6 nitrogen and oxygen atoms in total. The van der Waals surface area contributed by atoms with E-state index in [1.54, 1.807) is 13.0 Å². The van der Waals surface area contributed by atoms with E-state index >= 15 is 0 Å². The second-order valence-electron chi connectivity index (χ2n) is 3.10. The van der Waals surface area contributed by atoms with Gasteiger partial charge < -0.3 is 15.2 Å². The fourth-order valence-electron chi connectivity index (χ4n) is 1.06. The first-order valence-electron chi connectivity index (χ1n) is 5.18. The molecule has 0 aliphatic carbocycles. The van der Waals surface area contributed by atoms with Crippen LogP contribution >= 0.6 is 0 Å². The number of nitrogens with one attached hydrogen (secondary N) is 2. The van der Waals surface area contributed by atoms with E-state index in [1.165, 1.54) is 0 Å². The van der Waals surface area contributed by atoms with Gasteiger partial charge in [-0.1, -0.05) is 11.2 Å². The Hall–Kier alpha value is -1.85. The zero-order valence-corrected chi connectivity index (χ0v) is 9.66. The normalized spacial score (nSPS) is 11.2. The average Bonchev–Trinajstić information content (AvgIpc) is 2.68. The maximum absolute atomic E-state index is 4.95. The summed E-state index contributed by atoms with van der Waals surface area (Å²) in [7, 11) is 0. The van der Waals surface area contributed by atoms with Gasteiger partial charge in [0.2, 0.25) is 5.89 Å². The van der Waals surface area contributed by atoms with Gasteiger partial charge in [0.1, 0.15) is 6.54 Å². The molecule has 2 N–H and O–H groups in total. The Kier molecular flexibility index (Phi) is 5.04. The predicted molar refractivity (Wildman–Crippen MR) is 62.1 cm³/mol. The van der Waals surface area contributed by atoms with Gasteiger partial charge in [-0.25, -0.2) is 4.99 Å². The number of guanidine groups is 1. The second-order valence-corrected chi connectivity index (χ2v) is 3.10. The van der Waals surface area contributed by atoms with Crippen molar-refractivity contribution in [3.05, 3.63) is 24.4 Å². The van der Waals surface area contributed by atoms with Gasteiger partial charge in [-0.15, -0.1) is 6.58 Å². The molecule has 0 atom stereocenters. The molecular formula is C10H17N5O. The highest BCUT2D eigenvalue weighted by atomic mass is 16.5.